The number of nitrogens with one attached hydrogen (secondary N) is 1. The minimum absolute atomic E-state index is 0.0324. The summed E-state index contributed by atoms with van der Waals surface area (Å²) in [5.74, 6) is -0.183. The molecule has 0 saturated heterocycles. The fourth-order valence-electron chi connectivity index (χ4n) is 1.82. The molecule has 1 aromatic heterocycles. The molecule has 1 N–H and O–H groups in total. The van der Waals surface area contributed by atoms with Gasteiger partial charge in [-0.1, -0.05) is 18.2 Å². The van der Waals surface area contributed by atoms with Gasteiger partial charge >= 0.3 is 0 Å². The first-order chi connectivity index (χ1) is 8.70. The second kappa shape index (κ2) is 5.69. The van der Waals surface area contributed by atoms with E-state index in [0.29, 0.717) is 12.0 Å². The van der Waals surface area contributed by atoms with E-state index in [-0.39, 0.29) is 11.9 Å². The van der Waals surface area contributed by atoms with Crippen molar-refractivity contribution >= 4 is 0 Å². The average Bonchev–Trinajstić information content (AvgIpc) is 2.39. The molecule has 0 bridgehead atoms. The van der Waals surface area contributed by atoms with Crippen LogP contribution in [0, 0.1) is 12.7 Å². The zero-order chi connectivity index (χ0) is 13.0. The molecule has 0 spiro atoms. The number of benzene rings is 1. The molecule has 1 heterocycles. The van der Waals surface area contributed by atoms with Gasteiger partial charge in [0.05, 0.1) is 23.6 Å². The van der Waals surface area contributed by atoms with Crippen molar-refractivity contribution in [3.8, 4) is 0 Å². The third-order valence-corrected chi connectivity index (χ3v) is 2.89. The molecule has 94 valence electrons. The van der Waals surface area contributed by atoms with Gasteiger partial charge in [-0.2, -0.15) is 0 Å². The molecule has 0 aliphatic heterocycles. The molecule has 18 heavy (non-hydrogen) atoms. The van der Waals surface area contributed by atoms with E-state index in [4.69, 9.17) is 0 Å². The summed E-state index contributed by atoms with van der Waals surface area (Å²) < 4.78 is 13.6. The van der Waals surface area contributed by atoms with Crippen LogP contribution in [0.4, 0.5) is 4.39 Å². The second-order valence-electron chi connectivity index (χ2n) is 4.22. The highest BCUT2D eigenvalue weighted by atomic mass is 19.1. The van der Waals surface area contributed by atoms with Crippen LogP contribution in [0.1, 0.15) is 23.0 Å². The van der Waals surface area contributed by atoms with Gasteiger partial charge in [-0.05, 0) is 32.0 Å². The van der Waals surface area contributed by atoms with Crippen LogP contribution < -0.4 is 5.32 Å². The molecule has 1 aromatic carbocycles. The first-order valence-corrected chi connectivity index (χ1v) is 5.90. The monoisotopic (exact) mass is 245 g/mol. The smallest absolute Gasteiger partial charge is 0.126 e. The number of likely N-dealkylation sites (N-methyl/N-ethyl adjacent to an activating group) is 1. The lowest BCUT2D eigenvalue weighted by Crippen LogP contribution is -2.20. The van der Waals surface area contributed by atoms with Crippen molar-refractivity contribution in [1.82, 2.24) is 15.3 Å². The number of nitrogens with zero attached hydrogens (tertiary/aromatic N) is 2. The molecule has 0 aliphatic rings. The maximum absolute atomic E-state index is 13.6. The molecular weight excluding hydrogens is 229 g/mol. The van der Waals surface area contributed by atoms with E-state index in [0.717, 1.165) is 11.4 Å². The Labute approximate surface area is 106 Å². The van der Waals surface area contributed by atoms with E-state index >= 15 is 0 Å². The van der Waals surface area contributed by atoms with Crippen LogP contribution in [-0.4, -0.2) is 17.0 Å². The molecule has 2 rings (SSSR count). The van der Waals surface area contributed by atoms with E-state index in [1.54, 1.807) is 24.5 Å². The molecule has 3 nitrogen and oxygen atoms in total. The van der Waals surface area contributed by atoms with Crippen molar-refractivity contribution in [2.75, 3.05) is 7.05 Å². The Hall–Kier alpha value is -1.81. The molecule has 1 atom stereocenters. The van der Waals surface area contributed by atoms with Gasteiger partial charge in [-0.3, -0.25) is 9.97 Å². The number of hydrogen-bond acceptors (Lipinski definition) is 3. The van der Waals surface area contributed by atoms with Crippen molar-refractivity contribution in [1.29, 1.82) is 0 Å². The van der Waals surface area contributed by atoms with E-state index in [1.807, 2.05) is 20.0 Å². The van der Waals surface area contributed by atoms with Gasteiger partial charge < -0.3 is 5.32 Å². The normalized spacial score (nSPS) is 12.4. The van der Waals surface area contributed by atoms with Crippen LogP contribution >= 0.6 is 0 Å². The standard InChI is InChI=1S/C14H16FN3/c1-10-8-18-14(9-17-10)13(16-2)7-11-5-3-4-6-12(11)15/h3-6,8-9,13,16H,7H2,1-2H3. The molecule has 0 fully saturated rings. The van der Waals surface area contributed by atoms with Gasteiger partial charge in [-0.15, -0.1) is 0 Å². The third-order valence-electron chi connectivity index (χ3n) is 2.89. The van der Waals surface area contributed by atoms with E-state index in [9.17, 15) is 4.39 Å². The summed E-state index contributed by atoms with van der Waals surface area (Å²) in [6.45, 7) is 1.89. The lowest BCUT2D eigenvalue weighted by atomic mass is 10.0. The Morgan fingerprint density at radius 2 is 2.00 bits per heavy atom. The lowest BCUT2D eigenvalue weighted by molar-refractivity contribution is 0.543. The quantitative estimate of drug-likeness (QED) is 0.899. The van der Waals surface area contributed by atoms with E-state index in [2.05, 4.69) is 15.3 Å². The Balaban J connectivity index is 2.20. The Bertz CT molecular complexity index is 511. The predicted molar refractivity (Wildman–Crippen MR) is 68.7 cm³/mol. The zero-order valence-electron chi connectivity index (χ0n) is 10.5. The predicted octanol–water partition coefficient (Wildman–Crippen LogP) is 2.43. The molecule has 4 heteroatoms. The average molecular weight is 245 g/mol. The molecule has 0 saturated carbocycles. The van der Waals surface area contributed by atoms with Crippen LogP contribution in [0.5, 0.6) is 0 Å². The van der Waals surface area contributed by atoms with Crippen molar-refractivity contribution in [3.63, 3.8) is 0 Å². The van der Waals surface area contributed by atoms with Gasteiger partial charge in [0.15, 0.2) is 0 Å². The van der Waals surface area contributed by atoms with Gasteiger partial charge in [-0.25, -0.2) is 4.39 Å². The first kappa shape index (κ1) is 12.6. The molecule has 0 radical (unpaired) electrons. The van der Waals surface area contributed by atoms with Crippen molar-refractivity contribution in [3.05, 3.63) is 59.4 Å². The van der Waals surface area contributed by atoms with Gasteiger partial charge in [0.1, 0.15) is 5.82 Å². The number of halogens is 1. The third kappa shape index (κ3) is 2.90. The molecule has 1 unspecified atom stereocenters. The van der Waals surface area contributed by atoms with Gasteiger partial charge in [0.2, 0.25) is 0 Å². The zero-order valence-corrected chi connectivity index (χ0v) is 10.5. The minimum Gasteiger partial charge on any atom is -0.311 e. The lowest BCUT2D eigenvalue weighted by Gasteiger charge is -2.15. The Morgan fingerprint density at radius 3 is 2.61 bits per heavy atom. The van der Waals surface area contributed by atoms with Crippen molar-refractivity contribution in [2.45, 2.75) is 19.4 Å². The number of hydrogen-bond donors (Lipinski definition) is 1. The fourth-order valence-corrected chi connectivity index (χ4v) is 1.82. The maximum Gasteiger partial charge on any atom is 0.126 e. The highest BCUT2D eigenvalue weighted by Crippen LogP contribution is 2.17. The summed E-state index contributed by atoms with van der Waals surface area (Å²) in [5, 5.41) is 3.14. The highest BCUT2D eigenvalue weighted by Gasteiger charge is 2.13. The summed E-state index contributed by atoms with van der Waals surface area (Å²) in [5.41, 5.74) is 2.38. The second-order valence-corrected chi connectivity index (χ2v) is 4.22. The van der Waals surface area contributed by atoms with Crippen LogP contribution in [0.3, 0.4) is 0 Å². The Morgan fingerprint density at radius 1 is 1.22 bits per heavy atom. The SMILES string of the molecule is CNC(Cc1ccccc1F)c1cnc(C)cn1. The van der Waals surface area contributed by atoms with Crippen molar-refractivity contribution < 1.29 is 4.39 Å². The number of aryl methyl sites for hydroxylation is 1. The minimum atomic E-state index is -0.183. The van der Waals surface area contributed by atoms with Gasteiger partial charge in [0, 0.05) is 6.20 Å². The van der Waals surface area contributed by atoms with E-state index in [1.165, 1.54) is 6.07 Å². The maximum atomic E-state index is 13.6. The number of rotatable bonds is 4. The summed E-state index contributed by atoms with van der Waals surface area (Å²) in [6, 6.07) is 6.77. The molecular formula is C14H16FN3. The summed E-state index contributed by atoms with van der Waals surface area (Å²) in [6.07, 6.45) is 4.01. The van der Waals surface area contributed by atoms with Crippen LogP contribution in [0.15, 0.2) is 36.7 Å². The van der Waals surface area contributed by atoms with Crippen LogP contribution in [-0.2, 0) is 6.42 Å². The van der Waals surface area contributed by atoms with Crippen molar-refractivity contribution in [2.24, 2.45) is 0 Å². The first-order valence-electron chi connectivity index (χ1n) is 5.90. The molecule has 0 amide bonds. The highest BCUT2D eigenvalue weighted by molar-refractivity contribution is 5.20. The number of aromatic nitrogens is 2. The van der Waals surface area contributed by atoms with Crippen LogP contribution in [0.2, 0.25) is 0 Å². The largest absolute Gasteiger partial charge is 0.311 e. The van der Waals surface area contributed by atoms with Crippen LogP contribution in [0.25, 0.3) is 0 Å². The van der Waals surface area contributed by atoms with Gasteiger partial charge in [0.25, 0.3) is 0 Å². The Kier molecular flexibility index (Phi) is 3.99. The molecule has 0 aliphatic carbocycles. The topological polar surface area (TPSA) is 37.8 Å². The fraction of sp³-hybridized carbons (Fsp3) is 0.286. The summed E-state index contributed by atoms with van der Waals surface area (Å²) >= 11 is 0. The molecule has 2 aromatic rings. The summed E-state index contributed by atoms with van der Waals surface area (Å²) in [7, 11) is 1.84. The summed E-state index contributed by atoms with van der Waals surface area (Å²) in [4.78, 5) is 8.54. The van der Waals surface area contributed by atoms with E-state index < -0.39 is 0 Å².